The van der Waals surface area contributed by atoms with Gasteiger partial charge in [-0.15, -0.1) is 11.6 Å². The van der Waals surface area contributed by atoms with Crippen LogP contribution in [0, 0.1) is 5.82 Å². The normalized spacial score (nSPS) is 10.7. The van der Waals surface area contributed by atoms with Crippen LogP contribution in [0.15, 0.2) is 16.6 Å². The Labute approximate surface area is 108 Å². The number of benzene rings is 1. The molecule has 3 nitrogen and oxygen atoms in total. The van der Waals surface area contributed by atoms with E-state index in [1.165, 1.54) is 17.4 Å². The van der Waals surface area contributed by atoms with Crippen molar-refractivity contribution in [2.24, 2.45) is 0 Å². The van der Waals surface area contributed by atoms with E-state index < -0.39 is 5.82 Å². The fraction of sp³-hybridized carbons (Fsp3) is 0.111. The number of amides is 1. The molecule has 0 unspecified atom stereocenters. The first kappa shape index (κ1) is 11.8. The van der Waals surface area contributed by atoms with Gasteiger partial charge >= 0.3 is 0 Å². The van der Waals surface area contributed by atoms with Gasteiger partial charge in [0, 0.05) is 4.47 Å². The van der Waals surface area contributed by atoms with E-state index >= 15 is 0 Å². The molecule has 1 amide bonds. The minimum Gasteiger partial charge on any atom is -0.301 e. The van der Waals surface area contributed by atoms with Crippen LogP contribution >= 0.6 is 38.9 Å². The van der Waals surface area contributed by atoms with E-state index in [0.717, 1.165) is 0 Å². The van der Waals surface area contributed by atoms with Crippen molar-refractivity contribution in [2.75, 3.05) is 11.2 Å². The Bertz CT molecular complexity index is 560. The van der Waals surface area contributed by atoms with E-state index in [0.29, 0.717) is 14.3 Å². The summed E-state index contributed by atoms with van der Waals surface area (Å²) in [5, 5.41) is 2.83. The number of alkyl halides is 1. The van der Waals surface area contributed by atoms with E-state index in [1.54, 1.807) is 6.07 Å². The summed E-state index contributed by atoms with van der Waals surface area (Å²) in [6.07, 6.45) is 0. The number of carbonyl (C=O) groups is 1. The van der Waals surface area contributed by atoms with Crippen molar-refractivity contribution in [1.29, 1.82) is 0 Å². The molecule has 0 bridgehead atoms. The molecule has 0 radical (unpaired) electrons. The first-order valence-corrected chi connectivity index (χ1v) is 6.36. The Morgan fingerprint density at radius 3 is 3.06 bits per heavy atom. The van der Waals surface area contributed by atoms with Crippen LogP contribution in [0.25, 0.3) is 10.2 Å². The number of anilines is 1. The summed E-state index contributed by atoms with van der Waals surface area (Å²) < 4.78 is 14.8. The first-order chi connectivity index (χ1) is 7.60. The zero-order chi connectivity index (χ0) is 11.7. The second-order valence-electron chi connectivity index (χ2n) is 2.94. The summed E-state index contributed by atoms with van der Waals surface area (Å²) in [6.45, 7) is 0. The molecular weight excluding hydrogens is 319 g/mol. The lowest BCUT2D eigenvalue weighted by Crippen LogP contribution is -2.12. The first-order valence-electron chi connectivity index (χ1n) is 4.21. The Kier molecular flexibility index (Phi) is 3.41. The van der Waals surface area contributed by atoms with E-state index in [-0.39, 0.29) is 17.3 Å². The van der Waals surface area contributed by atoms with Gasteiger partial charge in [0.05, 0.1) is 4.70 Å². The van der Waals surface area contributed by atoms with Crippen LogP contribution < -0.4 is 5.32 Å². The predicted molar refractivity (Wildman–Crippen MR) is 66.6 cm³/mol. The van der Waals surface area contributed by atoms with Gasteiger partial charge in [0.25, 0.3) is 0 Å². The molecule has 7 heteroatoms. The topological polar surface area (TPSA) is 42.0 Å². The molecule has 16 heavy (non-hydrogen) atoms. The molecule has 0 aliphatic carbocycles. The summed E-state index contributed by atoms with van der Waals surface area (Å²) in [5.74, 6) is -0.936. The number of carbonyl (C=O) groups excluding carboxylic acids is 1. The summed E-state index contributed by atoms with van der Waals surface area (Å²) in [6, 6.07) is 3.07. The second-order valence-corrected chi connectivity index (χ2v) is 5.15. The van der Waals surface area contributed by atoms with E-state index in [1.807, 2.05) is 0 Å². The highest BCUT2D eigenvalue weighted by Crippen LogP contribution is 2.30. The van der Waals surface area contributed by atoms with Gasteiger partial charge in [0.1, 0.15) is 11.4 Å². The van der Waals surface area contributed by atoms with Crippen LogP contribution in [0.2, 0.25) is 0 Å². The number of nitrogens with one attached hydrogen (secondary N) is 1. The van der Waals surface area contributed by atoms with E-state index in [2.05, 4.69) is 26.2 Å². The molecular formula is C9H5BrClFN2OS. The van der Waals surface area contributed by atoms with Crippen molar-refractivity contribution in [3.63, 3.8) is 0 Å². The quantitative estimate of drug-likeness (QED) is 0.861. The van der Waals surface area contributed by atoms with Gasteiger partial charge in [0.2, 0.25) is 5.91 Å². The lowest BCUT2D eigenvalue weighted by Gasteiger charge is -1.94. The number of nitrogens with zero attached hydrogens (tertiary/aromatic N) is 1. The number of hydrogen-bond donors (Lipinski definition) is 1. The molecule has 1 N–H and O–H groups in total. The summed E-state index contributed by atoms with van der Waals surface area (Å²) in [5.41, 5.74) is 0.248. The average Bonchev–Trinajstić information content (AvgIpc) is 2.60. The summed E-state index contributed by atoms with van der Waals surface area (Å²) >= 11 is 9.73. The maximum atomic E-state index is 13.5. The third kappa shape index (κ3) is 2.34. The molecule has 84 valence electrons. The second kappa shape index (κ2) is 4.65. The Hall–Kier alpha value is -0.720. The SMILES string of the molecule is O=C(CCl)Nc1nc2c(F)cc(Br)cc2s1. The standard InChI is InChI=1S/C9H5BrClFN2OS/c10-4-1-5(12)8-6(2-4)16-9(14-8)13-7(15)3-11/h1-2H,3H2,(H,13,14,15). The van der Waals surface area contributed by atoms with Crippen molar-refractivity contribution < 1.29 is 9.18 Å². The van der Waals surface area contributed by atoms with Gasteiger partial charge in [-0.05, 0) is 12.1 Å². The molecule has 0 saturated heterocycles. The van der Waals surface area contributed by atoms with Crippen molar-refractivity contribution >= 4 is 60.1 Å². The van der Waals surface area contributed by atoms with Crippen molar-refractivity contribution in [1.82, 2.24) is 4.98 Å². The maximum absolute atomic E-state index is 13.5. The van der Waals surface area contributed by atoms with Crippen LogP contribution in [-0.4, -0.2) is 16.8 Å². The van der Waals surface area contributed by atoms with Gasteiger partial charge in [0.15, 0.2) is 10.9 Å². The Morgan fingerprint density at radius 1 is 1.62 bits per heavy atom. The lowest BCUT2D eigenvalue weighted by molar-refractivity contribution is -0.113. The molecule has 0 spiro atoms. The molecule has 0 aliphatic rings. The van der Waals surface area contributed by atoms with Crippen LogP contribution in [0.5, 0.6) is 0 Å². The largest absolute Gasteiger partial charge is 0.301 e. The fourth-order valence-corrected chi connectivity index (χ4v) is 2.75. The maximum Gasteiger partial charge on any atom is 0.241 e. The number of hydrogen-bond acceptors (Lipinski definition) is 3. The van der Waals surface area contributed by atoms with E-state index in [9.17, 15) is 9.18 Å². The molecule has 0 saturated carbocycles. The highest BCUT2D eigenvalue weighted by Gasteiger charge is 2.11. The average molecular weight is 324 g/mol. The van der Waals surface area contributed by atoms with Crippen molar-refractivity contribution in [3.8, 4) is 0 Å². The van der Waals surface area contributed by atoms with Gasteiger partial charge in [-0.3, -0.25) is 4.79 Å². The third-order valence-electron chi connectivity index (χ3n) is 1.78. The van der Waals surface area contributed by atoms with Crippen molar-refractivity contribution in [2.45, 2.75) is 0 Å². The van der Waals surface area contributed by atoms with Crippen LogP contribution in [0.4, 0.5) is 9.52 Å². The minimum absolute atomic E-state index is 0.151. The van der Waals surface area contributed by atoms with Crippen LogP contribution in [0.1, 0.15) is 0 Å². The molecule has 0 aliphatic heterocycles. The van der Waals surface area contributed by atoms with Gasteiger partial charge in [-0.2, -0.15) is 0 Å². The molecule has 0 fully saturated rings. The number of aromatic nitrogens is 1. The minimum atomic E-state index is -0.424. The highest BCUT2D eigenvalue weighted by molar-refractivity contribution is 9.10. The summed E-state index contributed by atoms with van der Waals surface area (Å²) in [7, 11) is 0. The predicted octanol–water partition coefficient (Wildman–Crippen LogP) is 3.38. The third-order valence-corrected chi connectivity index (χ3v) is 3.40. The number of rotatable bonds is 2. The monoisotopic (exact) mass is 322 g/mol. The molecule has 1 heterocycles. The van der Waals surface area contributed by atoms with Gasteiger partial charge < -0.3 is 5.32 Å². The molecule has 1 aromatic carbocycles. The number of thiazole rings is 1. The van der Waals surface area contributed by atoms with Crippen LogP contribution in [-0.2, 0) is 4.79 Å². The smallest absolute Gasteiger partial charge is 0.241 e. The highest BCUT2D eigenvalue weighted by atomic mass is 79.9. The molecule has 2 aromatic rings. The zero-order valence-corrected chi connectivity index (χ0v) is 10.9. The van der Waals surface area contributed by atoms with Crippen molar-refractivity contribution in [3.05, 3.63) is 22.4 Å². The molecule has 2 rings (SSSR count). The zero-order valence-electron chi connectivity index (χ0n) is 7.76. The molecule has 1 aromatic heterocycles. The van der Waals surface area contributed by atoms with E-state index in [4.69, 9.17) is 11.6 Å². The Balaban J connectivity index is 2.44. The Morgan fingerprint density at radius 2 is 2.38 bits per heavy atom. The van der Waals surface area contributed by atoms with Gasteiger partial charge in [-0.1, -0.05) is 27.3 Å². The number of fused-ring (bicyclic) bond motifs is 1. The number of halogens is 3. The van der Waals surface area contributed by atoms with Gasteiger partial charge in [-0.25, -0.2) is 9.37 Å². The van der Waals surface area contributed by atoms with Crippen LogP contribution in [0.3, 0.4) is 0 Å². The molecule has 0 atom stereocenters. The lowest BCUT2D eigenvalue weighted by atomic mass is 10.3. The summed E-state index contributed by atoms with van der Waals surface area (Å²) in [4.78, 5) is 15.0. The fourth-order valence-electron chi connectivity index (χ4n) is 1.16.